The van der Waals surface area contributed by atoms with Crippen LogP contribution in [0.4, 0.5) is 0 Å². The summed E-state index contributed by atoms with van der Waals surface area (Å²) in [5.74, 6) is 0.140. The van der Waals surface area contributed by atoms with Crippen LogP contribution in [0.2, 0.25) is 0 Å². The van der Waals surface area contributed by atoms with Crippen molar-refractivity contribution in [1.29, 1.82) is 0 Å². The summed E-state index contributed by atoms with van der Waals surface area (Å²) in [6.45, 7) is 10.1. The van der Waals surface area contributed by atoms with E-state index in [-0.39, 0.29) is 11.9 Å². The van der Waals surface area contributed by atoms with Crippen LogP contribution in [0.15, 0.2) is 30.3 Å². The molecule has 1 aromatic rings. The Kier molecular flexibility index (Phi) is 7.43. The minimum atomic E-state index is -0.177. The molecule has 2 N–H and O–H groups in total. The molecule has 0 aromatic heterocycles. The van der Waals surface area contributed by atoms with E-state index in [1.807, 2.05) is 18.2 Å². The number of amides is 1. The first-order valence-corrected chi connectivity index (χ1v) is 9.92. The van der Waals surface area contributed by atoms with Gasteiger partial charge in [-0.3, -0.25) is 9.69 Å². The van der Waals surface area contributed by atoms with Crippen LogP contribution in [-0.4, -0.2) is 93.1 Å². The standard InChI is InChI=1S/C20H33N5O/c1-23-14-16-25(17-15-23)19(18-6-3-2-4-7-18)20(26)22-8-5-11-24-12-9-21-10-13-24/h2-4,6-7,19,21H,5,8-17H2,1H3,(H,22,26). The number of hydrogen-bond acceptors (Lipinski definition) is 5. The third kappa shape index (κ3) is 5.51. The zero-order chi connectivity index (χ0) is 18.2. The van der Waals surface area contributed by atoms with Gasteiger partial charge in [-0.25, -0.2) is 0 Å². The molecule has 2 aliphatic heterocycles. The lowest BCUT2D eigenvalue weighted by atomic mass is 10.0. The van der Waals surface area contributed by atoms with Crippen molar-refractivity contribution in [3.63, 3.8) is 0 Å². The maximum atomic E-state index is 13.0. The van der Waals surface area contributed by atoms with Crippen LogP contribution in [-0.2, 0) is 4.79 Å². The maximum absolute atomic E-state index is 13.0. The van der Waals surface area contributed by atoms with E-state index in [9.17, 15) is 4.79 Å². The first-order valence-electron chi connectivity index (χ1n) is 9.92. The second kappa shape index (κ2) is 10.0. The lowest BCUT2D eigenvalue weighted by Gasteiger charge is -2.37. The largest absolute Gasteiger partial charge is 0.354 e. The van der Waals surface area contributed by atoms with Gasteiger partial charge in [0, 0.05) is 58.9 Å². The fourth-order valence-electron chi connectivity index (χ4n) is 3.79. The second-order valence-electron chi connectivity index (χ2n) is 7.39. The molecular formula is C20H33N5O. The topological polar surface area (TPSA) is 50.9 Å². The van der Waals surface area contributed by atoms with Crippen molar-refractivity contribution in [3.05, 3.63) is 35.9 Å². The molecule has 0 aliphatic carbocycles. The number of piperazine rings is 2. The number of nitrogens with one attached hydrogen (secondary N) is 2. The van der Waals surface area contributed by atoms with Gasteiger partial charge in [-0.1, -0.05) is 30.3 Å². The number of hydrogen-bond donors (Lipinski definition) is 2. The molecule has 1 amide bonds. The van der Waals surface area contributed by atoms with Crippen LogP contribution in [0.25, 0.3) is 0 Å². The van der Waals surface area contributed by atoms with Crippen LogP contribution >= 0.6 is 0 Å². The molecule has 2 aliphatic rings. The third-order valence-corrected chi connectivity index (χ3v) is 5.43. The lowest BCUT2D eigenvalue weighted by molar-refractivity contribution is -0.127. The van der Waals surface area contributed by atoms with Gasteiger partial charge < -0.3 is 20.4 Å². The van der Waals surface area contributed by atoms with Gasteiger partial charge in [0.1, 0.15) is 6.04 Å². The van der Waals surface area contributed by atoms with Gasteiger partial charge in [-0.15, -0.1) is 0 Å². The van der Waals surface area contributed by atoms with E-state index in [0.717, 1.165) is 77.4 Å². The van der Waals surface area contributed by atoms with Crippen molar-refractivity contribution in [1.82, 2.24) is 25.3 Å². The lowest BCUT2D eigenvalue weighted by Crippen LogP contribution is -2.50. The summed E-state index contributed by atoms with van der Waals surface area (Å²) in [6, 6.07) is 10.0. The molecule has 0 saturated carbocycles. The monoisotopic (exact) mass is 359 g/mol. The Hall–Kier alpha value is -1.47. The van der Waals surface area contributed by atoms with E-state index in [4.69, 9.17) is 0 Å². The predicted molar refractivity (Wildman–Crippen MR) is 105 cm³/mol. The number of carbonyl (C=O) groups excluding carboxylic acids is 1. The highest BCUT2D eigenvalue weighted by Gasteiger charge is 2.29. The molecule has 0 spiro atoms. The van der Waals surface area contributed by atoms with Crippen LogP contribution in [0, 0.1) is 0 Å². The van der Waals surface area contributed by atoms with Crippen molar-refractivity contribution in [2.24, 2.45) is 0 Å². The zero-order valence-electron chi connectivity index (χ0n) is 16.0. The van der Waals surface area contributed by atoms with E-state index in [0.29, 0.717) is 0 Å². The Morgan fingerprint density at radius 3 is 2.46 bits per heavy atom. The molecule has 3 rings (SSSR count). The van der Waals surface area contributed by atoms with Crippen molar-refractivity contribution < 1.29 is 4.79 Å². The molecule has 144 valence electrons. The van der Waals surface area contributed by atoms with Crippen molar-refractivity contribution >= 4 is 5.91 Å². The first-order chi connectivity index (χ1) is 12.7. The Labute approximate surface area is 157 Å². The maximum Gasteiger partial charge on any atom is 0.241 e. The quantitative estimate of drug-likeness (QED) is 0.690. The summed E-state index contributed by atoms with van der Waals surface area (Å²) in [4.78, 5) is 20.1. The van der Waals surface area contributed by atoms with E-state index in [1.54, 1.807) is 0 Å². The van der Waals surface area contributed by atoms with Gasteiger partial charge in [0.15, 0.2) is 0 Å². The summed E-state index contributed by atoms with van der Waals surface area (Å²) in [7, 11) is 2.14. The SMILES string of the molecule is CN1CCN(C(C(=O)NCCCN2CCNCC2)c2ccccc2)CC1. The molecular weight excluding hydrogens is 326 g/mol. The fourth-order valence-corrected chi connectivity index (χ4v) is 3.79. The summed E-state index contributed by atoms with van der Waals surface area (Å²) in [6.07, 6.45) is 1.01. The average molecular weight is 360 g/mol. The number of likely N-dealkylation sites (N-methyl/N-ethyl adjacent to an activating group) is 1. The van der Waals surface area contributed by atoms with Crippen LogP contribution in [0.5, 0.6) is 0 Å². The molecule has 1 atom stereocenters. The summed E-state index contributed by atoms with van der Waals surface area (Å²) < 4.78 is 0. The van der Waals surface area contributed by atoms with Gasteiger partial charge in [-0.05, 0) is 25.6 Å². The smallest absolute Gasteiger partial charge is 0.241 e. The highest BCUT2D eigenvalue weighted by Crippen LogP contribution is 2.22. The highest BCUT2D eigenvalue weighted by molar-refractivity contribution is 5.83. The Morgan fingerprint density at radius 2 is 1.77 bits per heavy atom. The van der Waals surface area contributed by atoms with E-state index < -0.39 is 0 Å². The molecule has 2 heterocycles. The van der Waals surface area contributed by atoms with Gasteiger partial charge in [-0.2, -0.15) is 0 Å². The zero-order valence-corrected chi connectivity index (χ0v) is 16.0. The number of nitrogens with zero attached hydrogens (tertiary/aromatic N) is 3. The first kappa shape index (κ1) is 19.3. The third-order valence-electron chi connectivity index (χ3n) is 5.43. The molecule has 26 heavy (non-hydrogen) atoms. The molecule has 1 aromatic carbocycles. The van der Waals surface area contributed by atoms with Crippen molar-refractivity contribution in [3.8, 4) is 0 Å². The van der Waals surface area contributed by atoms with Crippen LogP contribution in [0.3, 0.4) is 0 Å². The summed E-state index contributed by atoms with van der Waals surface area (Å²) >= 11 is 0. The summed E-state index contributed by atoms with van der Waals surface area (Å²) in [5, 5.41) is 6.57. The highest BCUT2D eigenvalue weighted by atomic mass is 16.2. The molecule has 0 radical (unpaired) electrons. The molecule has 6 nitrogen and oxygen atoms in total. The minimum Gasteiger partial charge on any atom is -0.354 e. The molecule has 1 unspecified atom stereocenters. The van der Waals surface area contributed by atoms with E-state index in [2.05, 4.69) is 44.5 Å². The van der Waals surface area contributed by atoms with Crippen molar-refractivity contribution in [2.75, 3.05) is 72.5 Å². The number of rotatable bonds is 7. The predicted octanol–water partition coefficient (Wildman–Crippen LogP) is 0.387. The Balaban J connectivity index is 1.53. The minimum absolute atomic E-state index is 0.140. The molecule has 6 heteroatoms. The van der Waals surface area contributed by atoms with Gasteiger partial charge >= 0.3 is 0 Å². The van der Waals surface area contributed by atoms with E-state index in [1.165, 1.54) is 0 Å². The van der Waals surface area contributed by atoms with Crippen molar-refractivity contribution in [2.45, 2.75) is 12.5 Å². The van der Waals surface area contributed by atoms with Gasteiger partial charge in [0.05, 0.1) is 0 Å². The van der Waals surface area contributed by atoms with Gasteiger partial charge in [0.2, 0.25) is 5.91 Å². The van der Waals surface area contributed by atoms with E-state index >= 15 is 0 Å². The summed E-state index contributed by atoms with van der Waals surface area (Å²) in [5.41, 5.74) is 1.09. The second-order valence-corrected chi connectivity index (χ2v) is 7.39. The van der Waals surface area contributed by atoms with Crippen LogP contribution in [0.1, 0.15) is 18.0 Å². The molecule has 2 saturated heterocycles. The van der Waals surface area contributed by atoms with Crippen LogP contribution < -0.4 is 10.6 Å². The normalized spacial score (nSPS) is 21.4. The molecule has 0 bridgehead atoms. The number of carbonyl (C=O) groups is 1. The average Bonchev–Trinajstić information content (AvgIpc) is 2.69. The van der Waals surface area contributed by atoms with Gasteiger partial charge in [0.25, 0.3) is 0 Å². The fraction of sp³-hybridized carbons (Fsp3) is 0.650. The number of benzene rings is 1. The Morgan fingerprint density at radius 1 is 1.08 bits per heavy atom. The Bertz CT molecular complexity index is 538. The molecule has 2 fully saturated rings.